The SMILES string of the molecule is C=CC(=O)N1C[C@H](C)n2nc(-c3nc(-c4ccc5c(ccn5C)c4)c4scc(F)c4c3-c3c(F)cc(F)cc3OC3CC(OC)C3)cc2[C@H]1C. The van der Waals surface area contributed by atoms with Crippen LogP contribution >= 0.6 is 11.3 Å². The largest absolute Gasteiger partial charge is 0.489 e. The first kappa shape index (κ1) is 32.3. The number of aromatic nitrogens is 4. The van der Waals surface area contributed by atoms with Crippen LogP contribution in [-0.2, 0) is 16.6 Å². The van der Waals surface area contributed by atoms with Crippen molar-refractivity contribution in [3.63, 3.8) is 0 Å². The summed E-state index contributed by atoms with van der Waals surface area (Å²) in [5, 5.41) is 7.46. The normalized spacial score (nSPS) is 20.3. The monoisotopic (exact) mass is 697 g/mol. The van der Waals surface area contributed by atoms with Gasteiger partial charge in [-0.05, 0) is 44.2 Å². The van der Waals surface area contributed by atoms with E-state index in [9.17, 15) is 9.18 Å². The Labute approximate surface area is 290 Å². The molecule has 2 aromatic carbocycles. The molecule has 2 atom stereocenters. The van der Waals surface area contributed by atoms with E-state index in [1.165, 1.54) is 11.5 Å². The van der Waals surface area contributed by atoms with Crippen molar-refractivity contribution in [1.29, 1.82) is 0 Å². The second kappa shape index (κ2) is 12.1. The van der Waals surface area contributed by atoms with Crippen LogP contribution in [0, 0.1) is 17.5 Å². The van der Waals surface area contributed by atoms with E-state index in [0.717, 1.165) is 45.6 Å². The summed E-state index contributed by atoms with van der Waals surface area (Å²) in [5.74, 6) is -2.56. The number of fused-ring (bicyclic) bond motifs is 3. The molecule has 0 unspecified atom stereocenters. The van der Waals surface area contributed by atoms with Crippen molar-refractivity contribution in [2.75, 3.05) is 13.7 Å². The maximum atomic E-state index is 16.3. The molecule has 8 nitrogen and oxygen atoms in total. The highest BCUT2D eigenvalue weighted by atomic mass is 32.1. The van der Waals surface area contributed by atoms with Gasteiger partial charge in [0, 0.05) is 84.7 Å². The molecular formula is C38H34F3N5O3S. The van der Waals surface area contributed by atoms with Gasteiger partial charge in [0.15, 0.2) is 0 Å². The summed E-state index contributed by atoms with van der Waals surface area (Å²) in [7, 11) is 3.57. The lowest BCUT2D eigenvalue weighted by atomic mass is 9.91. The Morgan fingerprint density at radius 1 is 1.02 bits per heavy atom. The van der Waals surface area contributed by atoms with Gasteiger partial charge >= 0.3 is 0 Å². The quantitative estimate of drug-likeness (QED) is 0.156. The number of benzene rings is 2. The molecule has 1 aliphatic carbocycles. The second-order valence-electron chi connectivity index (χ2n) is 13.1. The molecular weight excluding hydrogens is 664 g/mol. The third-order valence-corrected chi connectivity index (χ3v) is 11.0. The van der Waals surface area contributed by atoms with Gasteiger partial charge in [-0.15, -0.1) is 11.3 Å². The molecule has 4 aromatic heterocycles. The van der Waals surface area contributed by atoms with Gasteiger partial charge in [-0.25, -0.2) is 18.2 Å². The number of rotatable bonds is 7. The molecule has 2 aliphatic rings. The Kier molecular flexibility index (Phi) is 7.83. The van der Waals surface area contributed by atoms with Crippen LogP contribution in [0.1, 0.15) is 44.5 Å². The summed E-state index contributed by atoms with van der Waals surface area (Å²) in [6.45, 7) is 7.91. The molecule has 0 spiro atoms. The number of carbonyl (C=O) groups excluding carboxylic acids is 1. The Morgan fingerprint density at radius 3 is 2.58 bits per heavy atom. The van der Waals surface area contributed by atoms with E-state index >= 15 is 8.78 Å². The molecule has 0 saturated heterocycles. The molecule has 1 fully saturated rings. The third kappa shape index (κ3) is 5.11. The lowest BCUT2D eigenvalue weighted by Gasteiger charge is -2.36. The van der Waals surface area contributed by atoms with Gasteiger partial charge in [-0.3, -0.25) is 9.48 Å². The minimum absolute atomic E-state index is 0.0188. The molecule has 5 heterocycles. The van der Waals surface area contributed by atoms with Crippen molar-refractivity contribution in [3.05, 3.63) is 89.8 Å². The van der Waals surface area contributed by atoms with Gasteiger partial charge < -0.3 is 18.9 Å². The highest BCUT2D eigenvalue weighted by Gasteiger charge is 2.36. The van der Waals surface area contributed by atoms with Crippen LogP contribution in [0.4, 0.5) is 13.2 Å². The van der Waals surface area contributed by atoms with Gasteiger partial charge in [0.2, 0.25) is 5.91 Å². The van der Waals surface area contributed by atoms with E-state index in [4.69, 9.17) is 19.6 Å². The number of hydrogen-bond donors (Lipinski definition) is 0. The first-order valence-corrected chi connectivity index (χ1v) is 17.3. The number of hydrogen-bond acceptors (Lipinski definition) is 6. The summed E-state index contributed by atoms with van der Waals surface area (Å²) < 4.78 is 63.5. The summed E-state index contributed by atoms with van der Waals surface area (Å²) in [5.41, 5.74) is 3.58. The van der Waals surface area contributed by atoms with Crippen molar-refractivity contribution >= 4 is 38.2 Å². The standard InChI is InChI=1S/C38H34F3N5O3S/c1-6-32(47)45-17-19(2)46-30(20(45)3)16-28(43-46)37-35(33-26(40)12-23(39)13-31(33)49-25-14-24(15-25)48-5)34-27(41)18-50-38(34)36(42-37)22-7-8-29-21(11-22)9-10-44(29)4/h6-13,16,18-20,24-25H,1,14-15,17H2,2-5H3/t19-,20+,24?,25?/m0/s1. The number of methoxy groups -OCH3 is 1. The van der Waals surface area contributed by atoms with Crippen molar-refractivity contribution in [1.82, 2.24) is 24.2 Å². The lowest BCUT2D eigenvalue weighted by Crippen LogP contribution is -2.42. The van der Waals surface area contributed by atoms with E-state index in [-0.39, 0.29) is 58.2 Å². The van der Waals surface area contributed by atoms with Crippen LogP contribution in [0.3, 0.4) is 0 Å². The van der Waals surface area contributed by atoms with Crippen molar-refractivity contribution in [2.45, 2.75) is 51.0 Å². The molecule has 1 aliphatic heterocycles. The van der Waals surface area contributed by atoms with E-state index in [0.29, 0.717) is 35.5 Å². The first-order chi connectivity index (χ1) is 24.1. The summed E-state index contributed by atoms with van der Waals surface area (Å²) in [6.07, 6.45) is 3.98. The first-order valence-electron chi connectivity index (χ1n) is 16.4. The molecule has 256 valence electrons. The van der Waals surface area contributed by atoms with Crippen LogP contribution in [0.2, 0.25) is 0 Å². The molecule has 50 heavy (non-hydrogen) atoms. The summed E-state index contributed by atoms with van der Waals surface area (Å²) >= 11 is 1.16. The number of amides is 1. The molecule has 0 radical (unpaired) electrons. The van der Waals surface area contributed by atoms with E-state index in [1.807, 2.05) is 66.7 Å². The minimum atomic E-state index is -0.913. The van der Waals surface area contributed by atoms with Gasteiger partial charge in [-0.1, -0.05) is 12.6 Å². The van der Waals surface area contributed by atoms with Crippen molar-refractivity contribution in [3.8, 4) is 39.5 Å². The Balaban J connectivity index is 1.41. The number of halogens is 3. The third-order valence-electron chi connectivity index (χ3n) is 10.0. The fraction of sp³-hybridized carbons (Fsp3) is 0.289. The van der Waals surface area contributed by atoms with Crippen LogP contribution in [0.15, 0.2) is 66.7 Å². The zero-order valence-electron chi connectivity index (χ0n) is 27.9. The van der Waals surface area contributed by atoms with E-state index in [2.05, 4.69) is 6.58 Å². The molecule has 6 aromatic rings. The average molecular weight is 698 g/mol. The van der Waals surface area contributed by atoms with Crippen LogP contribution in [0.25, 0.3) is 54.8 Å². The number of nitrogens with zero attached hydrogens (tertiary/aromatic N) is 5. The van der Waals surface area contributed by atoms with Gasteiger partial charge in [0.05, 0.1) is 39.8 Å². The molecule has 12 heteroatoms. The zero-order chi connectivity index (χ0) is 35.0. The van der Waals surface area contributed by atoms with Gasteiger partial charge in [-0.2, -0.15) is 5.10 Å². The predicted molar refractivity (Wildman–Crippen MR) is 188 cm³/mol. The van der Waals surface area contributed by atoms with E-state index < -0.39 is 17.5 Å². The number of aryl methyl sites for hydroxylation is 1. The number of pyridine rings is 1. The molecule has 0 N–H and O–H groups in total. The van der Waals surface area contributed by atoms with Gasteiger partial charge in [0.1, 0.15) is 40.7 Å². The number of ether oxygens (including phenoxy) is 2. The number of thiophene rings is 1. The summed E-state index contributed by atoms with van der Waals surface area (Å²) in [4.78, 5) is 19.7. The predicted octanol–water partition coefficient (Wildman–Crippen LogP) is 8.61. The number of carbonyl (C=O) groups is 1. The van der Waals surface area contributed by atoms with Gasteiger partial charge in [0.25, 0.3) is 0 Å². The minimum Gasteiger partial charge on any atom is -0.489 e. The zero-order valence-corrected chi connectivity index (χ0v) is 28.7. The highest BCUT2D eigenvalue weighted by molar-refractivity contribution is 7.17. The van der Waals surface area contributed by atoms with E-state index in [1.54, 1.807) is 12.0 Å². The fourth-order valence-electron chi connectivity index (χ4n) is 7.27. The maximum Gasteiger partial charge on any atom is 0.246 e. The Hall–Kier alpha value is -4.94. The molecule has 1 amide bonds. The van der Waals surface area contributed by atoms with Crippen LogP contribution < -0.4 is 4.74 Å². The topological polar surface area (TPSA) is 74.4 Å². The smallest absolute Gasteiger partial charge is 0.246 e. The Morgan fingerprint density at radius 2 is 1.82 bits per heavy atom. The second-order valence-corrected chi connectivity index (χ2v) is 14.0. The fourth-order valence-corrected chi connectivity index (χ4v) is 8.20. The van der Waals surface area contributed by atoms with Crippen molar-refractivity contribution in [2.24, 2.45) is 7.05 Å². The van der Waals surface area contributed by atoms with Crippen LogP contribution in [-0.4, -0.2) is 56.0 Å². The molecule has 8 rings (SSSR count). The Bertz CT molecular complexity index is 2340. The summed E-state index contributed by atoms with van der Waals surface area (Å²) in [6, 6.07) is 11.1. The van der Waals surface area contributed by atoms with Crippen molar-refractivity contribution < 1.29 is 27.4 Å². The molecule has 1 saturated carbocycles. The lowest BCUT2D eigenvalue weighted by molar-refractivity contribution is -0.129. The maximum absolute atomic E-state index is 16.3. The molecule has 0 bridgehead atoms. The highest BCUT2D eigenvalue weighted by Crippen LogP contribution is 2.49. The van der Waals surface area contributed by atoms with Crippen LogP contribution in [0.5, 0.6) is 5.75 Å². The average Bonchev–Trinajstić information content (AvgIpc) is 3.80.